The van der Waals surface area contributed by atoms with E-state index in [2.05, 4.69) is 24.5 Å². The van der Waals surface area contributed by atoms with Crippen LogP contribution in [-0.4, -0.2) is 12.6 Å². The minimum Gasteiger partial charge on any atom is -0.463 e. The van der Waals surface area contributed by atoms with Crippen molar-refractivity contribution in [2.24, 2.45) is 0 Å². The molecular weight excluding hydrogens is 237 g/mol. The highest BCUT2D eigenvalue weighted by Gasteiger charge is 1.86. The zero-order chi connectivity index (χ0) is 12.7. The Morgan fingerprint density at radius 2 is 1.87 bits per heavy atom. The molecule has 0 saturated heterocycles. The van der Waals surface area contributed by atoms with Gasteiger partial charge in [0.05, 0.1) is 17.2 Å². The van der Waals surface area contributed by atoms with E-state index in [1.165, 1.54) is 6.08 Å². The third-order valence-corrected chi connectivity index (χ3v) is 0.545. The van der Waals surface area contributed by atoms with E-state index >= 15 is 0 Å². The number of carbonyl (C=O) groups is 1. The molecule has 0 unspecified atom stereocenters. The second-order valence-corrected chi connectivity index (χ2v) is 2.73. The van der Waals surface area contributed by atoms with E-state index in [0.29, 0.717) is 6.61 Å². The van der Waals surface area contributed by atoms with Crippen LogP contribution in [0.3, 0.4) is 0 Å². The van der Waals surface area contributed by atoms with Crippen LogP contribution in [0.1, 0.15) is 6.92 Å². The molecular formula is C10H13Cl2NO2. The maximum Gasteiger partial charge on any atom is 0.330 e. The molecule has 0 amide bonds. The van der Waals surface area contributed by atoms with Crippen molar-refractivity contribution in [1.29, 1.82) is 5.26 Å². The molecule has 0 aliphatic carbocycles. The van der Waals surface area contributed by atoms with Gasteiger partial charge in [-0.05, 0) is 6.92 Å². The average Bonchev–Trinajstić information content (AvgIpc) is 2.18. The number of carbonyl (C=O) groups excluding carboxylic acids is 1. The molecule has 0 radical (unpaired) electrons. The normalized spacial score (nSPS) is 6.27. The molecule has 0 aromatic rings. The maximum absolute atomic E-state index is 10.1. The highest BCUT2D eigenvalue weighted by atomic mass is 35.5. The van der Waals surface area contributed by atoms with Crippen molar-refractivity contribution in [2.45, 2.75) is 6.92 Å². The Bertz CT molecular complexity index is 240. The predicted octanol–water partition coefficient (Wildman–Crippen LogP) is 3.37. The lowest BCUT2D eigenvalue weighted by atomic mass is 10.6. The summed E-state index contributed by atoms with van der Waals surface area (Å²) in [6.45, 7) is 11.6. The first kappa shape index (κ1) is 19.4. The summed E-state index contributed by atoms with van der Waals surface area (Å²) in [5.74, 6) is -0.359. The van der Waals surface area contributed by atoms with Gasteiger partial charge in [0.1, 0.15) is 0 Å². The van der Waals surface area contributed by atoms with Crippen LogP contribution in [0.25, 0.3) is 0 Å². The lowest BCUT2D eigenvalue weighted by Gasteiger charge is -1.90. The zero-order valence-electron chi connectivity index (χ0n) is 8.50. The molecule has 15 heavy (non-hydrogen) atoms. The fourth-order valence-corrected chi connectivity index (χ4v) is 0.201. The van der Waals surface area contributed by atoms with E-state index < -0.39 is 0 Å². The molecule has 0 aliphatic rings. The third-order valence-electron chi connectivity index (χ3n) is 0.545. The van der Waals surface area contributed by atoms with Crippen molar-refractivity contribution in [1.82, 2.24) is 0 Å². The number of rotatable bonds is 2. The van der Waals surface area contributed by atoms with Gasteiger partial charge < -0.3 is 4.74 Å². The molecule has 0 aromatic heterocycles. The number of halogens is 2. The molecule has 0 saturated carbocycles. The molecule has 0 fully saturated rings. The molecule has 0 atom stereocenters. The van der Waals surface area contributed by atoms with Crippen LogP contribution in [0.5, 0.6) is 0 Å². The molecule has 0 spiro atoms. The van der Waals surface area contributed by atoms with Gasteiger partial charge in [0, 0.05) is 12.2 Å². The van der Waals surface area contributed by atoms with Gasteiger partial charge in [-0.2, -0.15) is 5.26 Å². The molecule has 0 aliphatic heterocycles. The summed E-state index contributed by atoms with van der Waals surface area (Å²) < 4.78 is 4.55. The van der Waals surface area contributed by atoms with E-state index in [1.807, 2.05) is 0 Å². The summed E-state index contributed by atoms with van der Waals surface area (Å²) >= 11 is 9.69. The zero-order valence-corrected chi connectivity index (χ0v) is 10.0. The highest BCUT2D eigenvalue weighted by molar-refractivity contribution is 6.55. The molecule has 84 valence electrons. The smallest absolute Gasteiger partial charge is 0.330 e. The van der Waals surface area contributed by atoms with Crippen molar-refractivity contribution in [3.8, 4) is 6.07 Å². The lowest BCUT2D eigenvalue weighted by molar-refractivity contribution is -0.137. The van der Waals surface area contributed by atoms with Crippen molar-refractivity contribution in [3.63, 3.8) is 0 Å². The Morgan fingerprint density at radius 3 is 1.93 bits per heavy atom. The van der Waals surface area contributed by atoms with Gasteiger partial charge >= 0.3 is 5.97 Å². The molecule has 0 N–H and O–H groups in total. The lowest BCUT2D eigenvalue weighted by Crippen LogP contribution is -1.97. The minimum atomic E-state index is -0.359. The van der Waals surface area contributed by atoms with Gasteiger partial charge in [-0.15, -0.1) is 0 Å². The molecule has 0 rings (SSSR count). The quantitative estimate of drug-likeness (QED) is 0.429. The Morgan fingerprint density at radius 1 is 1.53 bits per heavy atom. The first-order valence-corrected chi connectivity index (χ1v) is 4.51. The summed E-state index contributed by atoms with van der Waals surface area (Å²) in [7, 11) is 0. The topological polar surface area (TPSA) is 50.1 Å². The fourth-order valence-electron chi connectivity index (χ4n) is 0.201. The summed E-state index contributed by atoms with van der Waals surface area (Å²) in [5, 5.41) is 7.51. The molecule has 0 aromatic carbocycles. The Hall–Kier alpha value is -1.24. The third kappa shape index (κ3) is 65.2. The first-order chi connectivity index (χ1) is 6.95. The van der Waals surface area contributed by atoms with Gasteiger partial charge in [-0.25, -0.2) is 4.79 Å². The largest absolute Gasteiger partial charge is 0.463 e. The number of ether oxygens (including phenoxy) is 1. The van der Waals surface area contributed by atoms with Crippen LogP contribution in [0.15, 0.2) is 36.4 Å². The molecule has 0 heterocycles. The Kier molecular flexibility index (Phi) is 23.9. The van der Waals surface area contributed by atoms with Crippen LogP contribution in [0, 0.1) is 11.3 Å². The summed E-state index contributed by atoms with van der Waals surface area (Å²) in [5.41, 5.74) is 0. The van der Waals surface area contributed by atoms with Gasteiger partial charge in [0.25, 0.3) is 0 Å². The first-order valence-electron chi connectivity index (χ1n) is 3.75. The highest BCUT2D eigenvalue weighted by Crippen LogP contribution is 1.98. The minimum absolute atomic E-state index is 0.111. The van der Waals surface area contributed by atoms with Crippen molar-refractivity contribution in [2.75, 3.05) is 6.61 Å². The second-order valence-electron chi connectivity index (χ2n) is 1.63. The maximum atomic E-state index is 10.1. The van der Waals surface area contributed by atoms with Gasteiger partial charge in [0.2, 0.25) is 0 Å². The van der Waals surface area contributed by atoms with E-state index in [0.717, 1.165) is 6.08 Å². The molecule has 5 heteroatoms. The van der Waals surface area contributed by atoms with Crippen molar-refractivity contribution < 1.29 is 9.53 Å². The molecule has 3 nitrogen and oxygen atoms in total. The van der Waals surface area contributed by atoms with Crippen LogP contribution in [0.4, 0.5) is 0 Å². The van der Waals surface area contributed by atoms with Gasteiger partial charge in [-0.3, -0.25) is 0 Å². The summed E-state index contributed by atoms with van der Waals surface area (Å²) in [4.78, 5) is 10.1. The van der Waals surface area contributed by atoms with E-state index in [4.69, 9.17) is 28.5 Å². The summed E-state index contributed by atoms with van der Waals surface area (Å²) in [6.07, 6.45) is 2.32. The summed E-state index contributed by atoms with van der Waals surface area (Å²) in [6, 6.07) is 1.69. The predicted molar refractivity (Wildman–Crippen MR) is 63.5 cm³/mol. The van der Waals surface area contributed by atoms with E-state index in [9.17, 15) is 4.79 Å². The Balaban J connectivity index is -0.000000155. The monoisotopic (exact) mass is 249 g/mol. The van der Waals surface area contributed by atoms with Crippen molar-refractivity contribution >= 4 is 29.2 Å². The number of nitrogens with zero attached hydrogens (tertiary/aromatic N) is 1. The number of allylic oxidation sites excluding steroid dienone is 1. The standard InChI is InChI=1S/C5H8O2.C3H3N.C2H2Cl2/c1-3-5(6)7-4-2;1-2-3-4;1-2(3)4/h3H,1,4H2,2H3;2H,1H2;1H2. The average molecular weight is 250 g/mol. The van der Waals surface area contributed by atoms with Crippen molar-refractivity contribution in [3.05, 3.63) is 36.4 Å². The van der Waals surface area contributed by atoms with E-state index in [-0.39, 0.29) is 10.5 Å². The SMILES string of the molecule is C=C(Cl)Cl.C=CC#N.C=CC(=O)OCC. The van der Waals surface area contributed by atoms with Gasteiger partial charge in [-0.1, -0.05) is 42.9 Å². The van der Waals surface area contributed by atoms with Gasteiger partial charge in [0.15, 0.2) is 0 Å². The number of hydrogen-bond acceptors (Lipinski definition) is 3. The van der Waals surface area contributed by atoms with Crippen LogP contribution in [0.2, 0.25) is 0 Å². The second kappa shape index (κ2) is 18.5. The van der Waals surface area contributed by atoms with Crippen LogP contribution < -0.4 is 0 Å². The number of nitriles is 1. The molecule has 0 bridgehead atoms. The fraction of sp³-hybridized carbons (Fsp3) is 0.200. The van der Waals surface area contributed by atoms with Crippen LogP contribution >= 0.6 is 23.2 Å². The Labute approximate surface area is 100 Å². The number of esters is 1. The van der Waals surface area contributed by atoms with E-state index in [1.54, 1.807) is 13.0 Å². The van der Waals surface area contributed by atoms with Crippen LogP contribution in [-0.2, 0) is 9.53 Å². The number of hydrogen-bond donors (Lipinski definition) is 0.